The van der Waals surface area contributed by atoms with Crippen LogP contribution in [-0.4, -0.2) is 59.0 Å². The highest BCUT2D eigenvalue weighted by Gasteiger charge is 2.38. The highest BCUT2D eigenvalue weighted by molar-refractivity contribution is 5.79. The first-order valence-corrected chi connectivity index (χ1v) is 14.4. The number of hydrogen-bond acceptors (Lipinski definition) is 7. The molecule has 1 aliphatic heterocycles. The van der Waals surface area contributed by atoms with E-state index in [9.17, 15) is 28.1 Å². The van der Waals surface area contributed by atoms with Gasteiger partial charge in [-0.25, -0.2) is 4.98 Å². The summed E-state index contributed by atoms with van der Waals surface area (Å²) in [6.45, 7) is 4.60. The summed E-state index contributed by atoms with van der Waals surface area (Å²) in [4.78, 5) is 31.3. The van der Waals surface area contributed by atoms with Gasteiger partial charge in [0.2, 0.25) is 5.91 Å². The lowest BCUT2D eigenvalue weighted by Crippen LogP contribution is -2.49. The zero-order chi connectivity index (χ0) is 30.6. The Morgan fingerprint density at radius 3 is 2.37 bits per heavy atom. The SMILES string of the molecule is Cc1ccc(CC(=O)N2CCN(c3cc(O[C@H]4CC[C@H](Nc5ccc([N+](=O)[O-])c(C(F)(F)F)c5)CC4)ccn3)CC2)cc1. The van der Waals surface area contributed by atoms with Crippen LogP contribution < -0.4 is 15.0 Å². The first kappa shape index (κ1) is 30.1. The minimum atomic E-state index is -4.82. The number of rotatable bonds is 8. The van der Waals surface area contributed by atoms with E-state index in [0.717, 1.165) is 23.5 Å². The van der Waals surface area contributed by atoms with E-state index in [4.69, 9.17) is 4.74 Å². The molecule has 1 amide bonds. The zero-order valence-electron chi connectivity index (χ0n) is 23.8. The molecule has 0 radical (unpaired) electrons. The van der Waals surface area contributed by atoms with Crippen molar-refractivity contribution in [2.75, 3.05) is 36.4 Å². The summed E-state index contributed by atoms with van der Waals surface area (Å²) in [6.07, 6.45) is 0.00147. The number of piperazine rings is 1. The second-order valence-electron chi connectivity index (χ2n) is 11.1. The molecule has 1 saturated heterocycles. The van der Waals surface area contributed by atoms with Crippen LogP contribution in [-0.2, 0) is 17.4 Å². The maximum absolute atomic E-state index is 13.3. The summed E-state index contributed by atoms with van der Waals surface area (Å²) in [7, 11) is 0. The number of ether oxygens (including phenoxy) is 1. The number of anilines is 2. The normalized spacial score (nSPS) is 19.2. The molecule has 2 heterocycles. The number of carbonyl (C=O) groups is 1. The molecule has 9 nitrogen and oxygen atoms in total. The molecule has 2 aromatic carbocycles. The van der Waals surface area contributed by atoms with E-state index in [2.05, 4.69) is 15.2 Å². The van der Waals surface area contributed by atoms with E-state index in [-0.39, 0.29) is 23.7 Å². The number of amides is 1. The molecule has 0 unspecified atom stereocenters. The van der Waals surface area contributed by atoms with Crippen molar-refractivity contribution in [3.63, 3.8) is 0 Å². The second-order valence-corrected chi connectivity index (χ2v) is 11.1. The van der Waals surface area contributed by atoms with E-state index >= 15 is 0 Å². The van der Waals surface area contributed by atoms with E-state index in [1.54, 1.807) is 6.20 Å². The summed E-state index contributed by atoms with van der Waals surface area (Å²) in [5.41, 5.74) is 0.164. The Kier molecular flexibility index (Phi) is 9.02. The molecule has 0 atom stereocenters. The van der Waals surface area contributed by atoms with Crippen molar-refractivity contribution < 1.29 is 27.6 Å². The number of alkyl halides is 3. The molecule has 43 heavy (non-hydrogen) atoms. The summed E-state index contributed by atoms with van der Waals surface area (Å²) in [6, 6.07) is 14.7. The van der Waals surface area contributed by atoms with E-state index in [0.29, 0.717) is 64.0 Å². The van der Waals surface area contributed by atoms with Crippen molar-refractivity contribution in [1.29, 1.82) is 0 Å². The summed E-state index contributed by atoms with van der Waals surface area (Å²) < 4.78 is 46.2. The van der Waals surface area contributed by atoms with Gasteiger partial charge in [0.25, 0.3) is 5.69 Å². The molecule has 12 heteroatoms. The first-order chi connectivity index (χ1) is 20.5. The quantitative estimate of drug-likeness (QED) is 0.251. The number of benzene rings is 2. The van der Waals surface area contributed by atoms with Crippen LogP contribution in [0.4, 0.5) is 30.4 Å². The first-order valence-electron chi connectivity index (χ1n) is 14.4. The summed E-state index contributed by atoms with van der Waals surface area (Å²) in [5, 5.41) is 14.1. The standard InChI is InChI=1S/C31H34F3N5O4/c1-21-2-4-22(5-3-21)18-30(40)38-16-14-37(15-17-38)29-20-26(12-13-35-29)43-25-9-6-23(7-10-25)36-24-8-11-28(39(41)42)27(19-24)31(32,33)34/h2-5,8,11-13,19-20,23,25,36H,6-7,9-10,14-18H2,1H3/t23-,25-. The van der Waals surface area contributed by atoms with Gasteiger partial charge in [0.1, 0.15) is 17.1 Å². The molecule has 0 spiro atoms. The van der Waals surface area contributed by atoms with Gasteiger partial charge >= 0.3 is 6.18 Å². The Balaban J connectivity index is 1.10. The second kappa shape index (κ2) is 12.9. The number of nitro benzene ring substituents is 1. The maximum atomic E-state index is 13.3. The van der Waals surface area contributed by atoms with Crippen molar-refractivity contribution in [1.82, 2.24) is 9.88 Å². The lowest BCUT2D eigenvalue weighted by molar-refractivity contribution is -0.388. The van der Waals surface area contributed by atoms with E-state index in [1.807, 2.05) is 48.2 Å². The highest BCUT2D eigenvalue weighted by Crippen LogP contribution is 2.38. The Morgan fingerprint density at radius 1 is 1.02 bits per heavy atom. The Labute approximate surface area is 247 Å². The largest absolute Gasteiger partial charge is 0.490 e. The fraction of sp³-hybridized carbons (Fsp3) is 0.419. The van der Waals surface area contributed by atoms with Gasteiger partial charge in [-0.15, -0.1) is 0 Å². The minimum absolute atomic E-state index is 0.0489. The number of nitrogens with zero attached hydrogens (tertiary/aromatic N) is 4. The Hall–Kier alpha value is -4.35. The molecule has 1 N–H and O–H groups in total. The third-order valence-corrected chi connectivity index (χ3v) is 8.00. The molecule has 3 aromatic rings. The van der Waals surface area contributed by atoms with Crippen molar-refractivity contribution in [3.05, 3.63) is 87.6 Å². The average Bonchev–Trinajstić information content (AvgIpc) is 2.99. The van der Waals surface area contributed by atoms with Crippen LogP contribution in [0.3, 0.4) is 0 Å². The van der Waals surface area contributed by atoms with Gasteiger partial charge in [0.05, 0.1) is 17.4 Å². The number of nitrogens with one attached hydrogen (secondary N) is 1. The van der Waals surface area contributed by atoms with Crippen molar-refractivity contribution >= 4 is 23.1 Å². The molecular formula is C31H34F3N5O4. The fourth-order valence-electron chi connectivity index (χ4n) is 5.59. The predicted molar refractivity (Wildman–Crippen MR) is 156 cm³/mol. The van der Waals surface area contributed by atoms with Crippen LogP contribution in [0.15, 0.2) is 60.8 Å². The van der Waals surface area contributed by atoms with Crippen LogP contribution in [0.1, 0.15) is 42.4 Å². The van der Waals surface area contributed by atoms with Crippen molar-refractivity contribution in [2.24, 2.45) is 0 Å². The number of aryl methyl sites for hydroxylation is 1. The van der Waals surface area contributed by atoms with Gasteiger partial charge in [-0.2, -0.15) is 13.2 Å². The van der Waals surface area contributed by atoms with Crippen LogP contribution in [0.25, 0.3) is 0 Å². The van der Waals surface area contributed by atoms with Gasteiger partial charge in [0, 0.05) is 56.2 Å². The number of nitro groups is 1. The average molecular weight is 598 g/mol. The third-order valence-electron chi connectivity index (χ3n) is 8.00. The van der Waals surface area contributed by atoms with Crippen LogP contribution >= 0.6 is 0 Å². The van der Waals surface area contributed by atoms with Gasteiger partial charge in [-0.3, -0.25) is 14.9 Å². The Bertz CT molecular complexity index is 1430. The topological polar surface area (TPSA) is 101 Å². The lowest BCUT2D eigenvalue weighted by Gasteiger charge is -2.35. The molecule has 2 fully saturated rings. The van der Waals surface area contributed by atoms with Crippen molar-refractivity contribution in [2.45, 2.75) is 57.3 Å². The van der Waals surface area contributed by atoms with Gasteiger partial charge in [-0.05, 0) is 56.4 Å². The van der Waals surface area contributed by atoms with Crippen LogP contribution in [0, 0.1) is 17.0 Å². The molecular weight excluding hydrogens is 563 g/mol. The molecule has 228 valence electrons. The zero-order valence-corrected chi connectivity index (χ0v) is 23.8. The molecule has 5 rings (SSSR count). The molecule has 1 aliphatic carbocycles. The number of carbonyl (C=O) groups excluding carboxylic acids is 1. The summed E-state index contributed by atoms with van der Waals surface area (Å²) >= 11 is 0. The highest BCUT2D eigenvalue weighted by atomic mass is 19.4. The lowest BCUT2D eigenvalue weighted by atomic mass is 9.92. The smallest absolute Gasteiger partial charge is 0.423 e. The van der Waals surface area contributed by atoms with Gasteiger partial charge in [-0.1, -0.05) is 29.8 Å². The van der Waals surface area contributed by atoms with E-state index < -0.39 is 22.4 Å². The molecule has 0 bridgehead atoms. The van der Waals surface area contributed by atoms with Crippen LogP contribution in [0.2, 0.25) is 0 Å². The van der Waals surface area contributed by atoms with Crippen LogP contribution in [0.5, 0.6) is 5.75 Å². The molecule has 2 aliphatic rings. The monoisotopic (exact) mass is 597 g/mol. The number of pyridine rings is 1. The van der Waals surface area contributed by atoms with E-state index in [1.165, 1.54) is 11.6 Å². The third kappa shape index (κ3) is 7.74. The van der Waals surface area contributed by atoms with Gasteiger partial charge in [0.15, 0.2) is 0 Å². The van der Waals surface area contributed by atoms with Crippen molar-refractivity contribution in [3.8, 4) is 5.75 Å². The predicted octanol–water partition coefficient (Wildman–Crippen LogP) is 6.01. The number of hydrogen-bond donors (Lipinski definition) is 1. The Morgan fingerprint density at radius 2 is 1.72 bits per heavy atom. The minimum Gasteiger partial charge on any atom is -0.490 e. The number of aromatic nitrogens is 1. The number of halogens is 3. The molecule has 1 aromatic heterocycles. The van der Waals surface area contributed by atoms with Gasteiger partial charge < -0.3 is 19.9 Å². The fourth-order valence-corrected chi connectivity index (χ4v) is 5.59. The maximum Gasteiger partial charge on any atom is 0.423 e. The molecule has 1 saturated carbocycles. The summed E-state index contributed by atoms with van der Waals surface area (Å²) in [5.74, 6) is 1.61.